The van der Waals surface area contributed by atoms with Crippen LogP contribution in [-0.4, -0.2) is 24.5 Å². The van der Waals surface area contributed by atoms with E-state index in [-0.39, 0.29) is 5.28 Å². The average molecular weight is 455 g/mol. The summed E-state index contributed by atoms with van der Waals surface area (Å²) in [4.78, 5) is 17.5. The number of aromatic nitrogens is 5. The molecule has 0 atom stereocenters. The number of imidazole rings is 1. The molecule has 1 aliphatic rings. The van der Waals surface area contributed by atoms with Gasteiger partial charge in [-0.15, -0.1) is 0 Å². The molecule has 1 aliphatic carbocycles. The van der Waals surface area contributed by atoms with E-state index in [4.69, 9.17) is 23.2 Å². The fourth-order valence-corrected chi connectivity index (χ4v) is 4.49. The van der Waals surface area contributed by atoms with Gasteiger partial charge in [0.1, 0.15) is 11.2 Å². The highest BCUT2D eigenvalue weighted by molar-refractivity contribution is 9.10. The molecular weight excluding hydrogens is 437 g/mol. The number of nitrogens with zero attached hydrogens (tertiary/aromatic N) is 5. The van der Waals surface area contributed by atoms with Crippen LogP contribution < -0.4 is 0 Å². The van der Waals surface area contributed by atoms with Gasteiger partial charge in [0.05, 0.1) is 5.02 Å². The quantitative estimate of drug-likeness (QED) is 0.371. The third kappa shape index (κ3) is 3.59. The van der Waals surface area contributed by atoms with Gasteiger partial charge < -0.3 is 4.57 Å². The van der Waals surface area contributed by atoms with E-state index in [1.807, 2.05) is 6.07 Å². The van der Waals surface area contributed by atoms with Crippen molar-refractivity contribution >= 4 is 50.3 Å². The largest absolute Gasteiger partial charge is 0.315 e. The van der Waals surface area contributed by atoms with Gasteiger partial charge in [0, 0.05) is 24.5 Å². The van der Waals surface area contributed by atoms with Gasteiger partial charge in [-0.2, -0.15) is 4.98 Å². The lowest BCUT2D eigenvalue weighted by Crippen LogP contribution is -2.18. The van der Waals surface area contributed by atoms with E-state index in [9.17, 15) is 0 Å². The van der Waals surface area contributed by atoms with Crippen molar-refractivity contribution in [2.75, 3.05) is 0 Å². The summed E-state index contributed by atoms with van der Waals surface area (Å²) in [5, 5.41) is 0.716. The van der Waals surface area contributed by atoms with Crippen LogP contribution in [0.4, 0.5) is 0 Å². The molecule has 0 N–H and O–H groups in total. The van der Waals surface area contributed by atoms with Crippen LogP contribution in [0.3, 0.4) is 0 Å². The van der Waals surface area contributed by atoms with Crippen LogP contribution in [0.15, 0.2) is 23.2 Å². The van der Waals surface area contributed by atoms with Gasteiger partial charge in [-0.05, 0) is 58.3 Å². The van der Waals surface area contributed by atoms with Crippen molar-refractivity contribution < 1.29 is 0 Å². The van der Waals surface area contributed by atoms with Crippen molar-refractivity contribution in [1.82, 2.24) is 24.5 Å². The first-order valence-electron chi connectivity index (χ1n) is 8.71. The first-order valence-corrected chi connectivity index (χ1v) is 10.3. The van der Waals surface area contributed by atoms with E-state index in [1.54, 1.807) is 12.4 Å². The lowest BCUT2D eigenvalue weighted by molar-refractivity contribution is 0.265. The van der Waals surface area contributed by atoms with Crippen molar-refractivity contribution in [2.24, 2.45) is 11.8 Å². The van der Waals surface area contributed by atoms with E-state index < -0.39 is 0 Å². The van der Waals surface area contributed by atoms with E-state index in [2.05, 4.69) is 47.4 Å². The van der Waals surface area contributed by atoms with Gasteiger partial charge >= 0.3 is 0 Å². The Morgan fingerprint density at radius 2 is 1.88 bits per heavy atom. The second-order valence-corrected chi connectivity index (χ2v) is 8.51. The topological polar surface area (TPSA) is 56.5 Å². The van der Waals surface area contributed by atoms with Crippen molar-refractivity contribution in [1.29, 1.82) is 0 Å². The van der Waals surface area contributed by atoms with Crippen LogP contribution in [-0.2, 0) is 6.54 Å². The number of hydrogen-bond donors (Lipinski definition) is 0. The summed E-state index contributed by atoms with van der Waals surface area (Å²) in [5.74, 6) is 1.45. The molecule has 8 heteroatoms. The molecule has 0 saturated heterocycles. The molecule has 1 saturated carbocycles. The summed E-state index contributed by atoms with van der Waals surface area (Å²) in [6, 6.07) is 1.83. The summed E-state index contributed by atoms with van der Waals surface area (Å²) in [6.07, 6.45) is 8.36. The first-order chi connectivity index (χ1) is 12.5. The van der Waals surface area contributed by atoms with Crippen LogP contribution in [0.5, 0.6) is 0 Å². The summed E-state index contributed by atoms with van der Waals surface area (Å²) < 4.78 is 2.90. The Labute approximate surface area is 170 Å². The minimum absolute atomic E-state index is 0.163. The van der Waals surface area contributed by atoms with Crippen LogP contribution >= 0.6 is 39.1 Å². The highest BCUT2D eigenvalue weighted by atomic mass is 79.9. The van der Waals surface area contributed by atoms with Gasteiger partial charge in [0.25, 0.3) is 0 Å². The van der Waals surface area contributed by atoms with E-state index in [0.29, 0.717) is 22.3 Å². The zero-order valence-electron chi connectivity index (χ0n) is 14.3. The maximum atomic E-state index is 6.14. The molecule has 136 valence electrons. The van der Waals surface area contributed by atoms with Gasteiger partial charge in [0.15, 0.2) is 10.4 Å². The van der Waals surface area contributed by atoms with Gasteiger partial charge in [-0.1, -0.05) is 31.4 Å². The Morgan fingerprint density at radius 1 is 1.12 bits per heavy atom. The lowest BCUT2D eigenvalue weighted by atomic mass is 9.83. The Morgan fingerprint density at radius 3 is 2.62 bits per heavy atom. The normalized spacial score (nSPS) is 20.6. The number of rotatable bonds is 3. The average Bonchev–Trinajstić information content (AvgIpc) is 2.91. The molecule has 4 rings (SSSR count). The summed E-state index contributed by atoms with van der Waals surface area (Å²) >= 11 is 15.9. The van der Waals surface area contributed by atoms with E-state index in [0.717, 1.165) is 28.3 Å². The van der Waals surface area contributed by atoms with E-state index in [1.165, 1.54) is 25.7 Å². The fourth-order valence-electron chi connectivity index (χ4n) is 3.66. The molecule has 26 heavy (non-hydrogen) atoms. The monoisotopic (exact) mass is 453 g/mol. The molecule has 0 aliphatic heterocycles. The molecule has 0 aromatic carbocycles. The SMILES string of the molecule is CC1CCC(Cn2c(Br)nc3nc(Cl)nc(-c4cncc(Cl)c4)c32)CC1. The summed E-state index contributed by atoms with van der Waals surface area (Å²) in [5.41, 5.74) is 2.95. The molecule has 0 bridgehead atoms. The molecule has 0 unspecified atom stereocenters. The van der Waals surface area contributed by atoms with Crippen LogP contribution in [0.2, 0.25) is 10.3 Å². The molecular formula is C18H18BrCl2N5. The number of halogens is 3. The Hall–Kier alpha value is -1.24. The summed E-state index contributed by atoms with van der Waals surface area (Å²) in [7, 11) is 0. The molecule has 0 radical (unpaired) electrons. The predicted octanol–water partition coefficient (Wildman–Crippen LogP) is 5.78. The standard InChI is InChI=1S/C18H18BrCl2N5/c1-10-2-4-11(5-3-10)9-26-15-14(12-6-13(20)8-22-7-12)23-18(21)25-16(15)24-17(26)19/h6-8,10-11H,2-5,9H2,1H3. The Kier molecular flexibility index (Phi) is 5.17. The summed E-state index contributed by atoms with van der Waals surface area (Å²) in [6.45, 7) is 3.22. The molecule has 0 amide bonds. The first kappa shape index (κ1) is 18.1. The number of fused-ring (bicyclic) bond motifs is 1. The van der Waals surface area contributed by atoms with E-state index >= 15 is 0 Å². The maximum absolute atomic E-state index is 6.14. The van der Waals surface area contributed by atoms with Gasteiger partial charge in [-0.25, -0.2) is 9.97 Å². The van der Waals surface area contributed by atoms with Crippen molar-refractivity contribution in [3.05, 3.63) is 33.5 Å². The van der Waals surface area contributed by atoms with Gasteiger partial charge in [0.2, 0.25) is 5.28 Å². The zero-order valence-corrected chi connectivity index (χ0v) is 17.4. The smallest absolute Gasteiger partial charge is 0.225 e. The Bertz CT molecular complexity index is 950. The zero-order chi connectivity index (χ0) is 18.3. The number of hydrogen-bond acceptors (Lipinski definition) is 4. The van der Waals surface area contributed by atoms with Crippen LogP contribution in [0, 0.1) is 11.8 Å². The predicted molar refractivity (Wildman–Crippen MR) is 107 cm³/mol. The third-order valence-electron chi connectivity index (χ3n) is 5.08. The second-order valence-electron chi connectivity index (χ2n) is 7.02. The van der Waals surface area contributed by atoms with Crippen LogP contribution in [0.1, 0.15) is 32.6 Å². The van der Waals surface area contributed by atoms with Crippen LogP contribution in [0.25, 0.3) is 22.4 Å². The fraction of sp³-hybridized carbons (Fsp3) is 0.444. The third-order valence-corrected chi connectivity index (χ3v) is 6.06. The van der Waals surface area contributed by atoms with Crippen molar-refractivity contribution in [3.63, 3.8) is 0 Å². The second kappa shape index (κ2) is 7.41. The lowest BCUT2D eigenvalue weighted by Gasteiger charge is -2.26. The molecule has 5 nitrogen and oxygen atoms in total. The maximum Gasteiger partial charge on any atom is 0.225 e. The highest BCUT2D eigenvalue weighted by Crippen LogP contribution is 2.34. The molecule has 3 heterocycles. The van der Waals surface area contributed by atoms with Crippen molar-refractivity contribution in [3.8, 4) is 11.3 Å². The van der Waals surface area contributed by atoms with Crippen molar-refractivity contribution in [2.45, 2.75) is 39.2 Å². The molecule has 3 aromatic heterocycles. The molecule has 3 aromatic rings. The Balaban J connectivity index is 1.81. The minimum Gasteiger partial charge on any atom is -0.315 e. The highest BCUT2D eigenvalue weighted by Gasteiger charge is 2.23. The molecule has 1 fully saturated rings. The molecule has 0 spiro atoms. The minimum atomic E-state index is 0.163. The van der Waals surface area contributed by atoms with Gasteiger partial charge in [-0.3, -0.25) is 4.98 Å². The number of pyridine rings is 1.